The van der Waals surface area contributed by atoms with Crippen LogP contribution in [0.25, 0.3) is 42.4 Å². The van der Waals surface area contributed by atoms with E-state index in [4.69, 9.17) is 0 Å². The molecule has 58 heavy (non-hydrogen) atoms. The normalized spacial score (nSPS) is 14.9. The van der Waals surface area contributed by atoms with E-state index in [0.717, 1.165) is 22.7 Å². The summed E-state index contributed by atoms with van der Waals surface area (Å²) in [6.45, 7) is 0. The first kappa shape index (κ1) is 33.0. The maximum Gasteiger partial charge on any atom is 0.0754 e. The zero-order valence-corrected chi connectivity index (χ0v) is 32.4. The molecule has 2 aliphatic rings. The van der Waals surface area contributed by atoms with Gasteiger partial charge < -0.3 is 9.80 Å². The van der Waals surface area contributed by atoms with Gasteiger partial charge in [0.25, 0.3) is 0 Å². The maximum absolute atomic E-state index is 2.47. The fraction of sp³-hybridized carbons (Fsp3) is 0.0182. The second-order valence-electron chi connectivity index (χ2n) is 15.3. The third-order valence-corrected chi connectivity index (χ3v) is 13.4. The van der Waals surface area contributed by atoms with Crippen molar-refractivity contribution >= 4 is 65.6 Å². The van der Waals surface area contributed by atoms with Crippen LogP contribution in [0, 0.1) is 0 Å². The Labute approximate surface area is 342 Å². The SMILES string of the molecule is c1ccc(N(c2ccc(-c3ccc4c(c3)C3(c5ccccc5)c5ccccc5N(c5ccccc5)c5cccc-4c53)cc2)c2ccc3c(c2)sc2ccccc23)cc1. The van der Waals surface area contributed by atoms with Crippen LogP contribution in [0.2, 0.25) is 0 Å². The summed E-state index contributed by atoms with van der Waals surface area (Å²) in [6.07, 6.45) is 0. The van der Waals surface area contributed by atoms with E-state index in [-0.39, 0.29) is 0 Å². The van der Waals surface area contributed by atoms with Gasteiger partial charge in [-0.1, -0.05) is 146 Å². The molecule has 12 rings (SSSR count). The van der Waals surface area contributed by atoms with Gasteiger partial charge in [-0.25, -0.2) is 0 Å². The molecule has 9 aromatic carbocycles. The number of fused-ring (bicyclic) bond motifs is 8. The average Bonchev–Trinajstić information content (AvgIpc) is 3.82. The Morgan fingerprint density at radius 2 is 1.03 bits per heavy atom. The lowest BCUT2D eigenvalue weighted by molar-refractivity contribution is 0.754. The number of rotatable bonds is 6. The molecule has 0 fully saturated rings. The lowest BCUT2D eigenvalue weighted by Gasteiger charge is -2.44. The predicted molar refractivity (Wildman–Crippen MR) is 245 cm³/mol. The van der Waals surface area contributed by atoms with E-state index in [1.165, 1.54) is 76.1 Å². The third kappa shape index (κ3) is 4.78. The van der Waals surface area contributed by atoms with Crippen LogP contribution in [0.4, 0.5) is 34.1 Å². The maximum atomic E-state index is 2.47. The molecule has 1 aliphatic carbocycles. The van der Waals surface area contributed by atoms with Gasteiger partial charge in [-0.3, -0.25) is 0 Å². The van der Waals surface area contributed by atoms with E-state index in [1.54, 1.807) is 0 Å². The Kier molecular flexibility index (Phi) is 7.35. The Balaban J connectivity index is 1.01. The Bertz CT molecular complexity index is 3170. The van der Waals surface area contributed by atoms with Crippen LogP contribution in [0.5, 0.6) is 0 Å². The molecule has 2 nitrogen and oxygen atoms in total. The third-order valence-electron chi connectivity index (χ3n) is 12.2. The summed E-state index contributed by atoms with van der Waals surface area (Å²) in [6, 6.07) is 80.4. The Morgan fingerprint density at radius 3 is 1.86 bits per heavy atom. The van der Waals surface area contributed by atoms with Gasteiger partial charge in [-0.15, -0.1) is 11.3 Å². The molecule has 0 amide bonds. The van der Waals surface area contributed by atoms with Gasteiger partial charge in [-0.05, 0) is 112 Å². The number of hydrogen-bond donors (Lipinski definition) is 0. The van der Waals surface area contributed by atoms with E-state index in [2.05, 4.69) is 228 Å². The zero-order valence-electron chi connectivity index (χ0n) is 31.6. The van der Waals surface area contributed by atoms with Gasteiger partial charge in [0.2, 0.25) is 0 Å². The van der Waals surface area contributed by atoms with Crippen LogP contribution >= 0.6 is 11.3 Å². The van der Waals surface area contributed by atoms with Crippen molar-refractivity contribution in [1.82, 2.24) is 0 Å². The topological polar surface area (TPSA) is 6.48 Å². The fourth-order valence-electron chi connectivity index (χ4n) is 9.82. The number of para-hydroxylation sites is 3. The van der Waals surface area contributed by atoms with Crippen LogP contribution < -0.4 is 9.80 Å². The molecule has 1 aromatic heterocycles. The van der Waals surface area contributed by atoms with Crippen molar-refractivity contribution in [3.05, 3.63) is 241 Å². The molecule has 0 spiro atoms. The lowest BCUT2D eigenvalue weighted by atomic mass is 9.64. The molecule has 0 N–H and O–H groups in total. The highest BCUT2D eigenvalue weighted by Gasteiger charge is 2.52. The summed E-state index contributed by atoms with van der Waals surface area (Å²) in [5, 5.41) is 2.62. The molecular weight excluding hydrogens is 721 g/mol. The molecule has 1 aliphatic heterocycles. The second kappa shape index (κ2) is 12.9. The lowest BCUT2D eigenvalue weighted by Crippen LogP contribution is -2.35. The van der Waals surface area contributed by atoms with Crippen molar-refractivity contribution in [2.75, 3.05) is 9.80 Å². The zero-order chi connectivity index (χ0) is 38.2. The van der Waals surface area contributed by atoms with Crippen LogP contribution in [0.15, 0.2) is 218 Å². The highest BCUT2D eigenvalue weighted by Crippen LogP contribution is 2.65. The summed E-state index contributed by atoms with van der Waals surface area (Å²) >= 11 is 1.86. The number of anilines is 6. The summed E-state index contributed by atoms with van der Waals surface area (Å²) in [7, 11) is 0. The van der Waals surface area contributed by atoms with Crippen molar-refractivity contribution in [2.45, 2.75) is 5.41 Å². The number of benzene rings is 9. The number of nitrogens with zero attached hydrogens (tertiary/aromatic N) is 2. The van der Waals surface area contributed by atoms with Crippen molar-refractivity contribution in [1.29, 1.82) is 0 Å². The molecule has 272 valence electrons. The van der Waals surface area contributed by atoms with Crippen molar-refractivity contribution in [2.24, 2.45) is 0 Å². The van der Waals surface area contributed by atoms with Crippen molar-refractivity contribution in [3.63, 3.8) is 0 Å². The average molecular weight is 757 g/mol. The summed E-state index contributed by atoms with van der Waals surface area (Å²) < 4.78 is 2.61. The molecule has 1 atom stereocenters. The summed E-state index contributed by atoms with van der Waals surface area (Å²) in [5.41, 5.74) is 16.7. The second-order valence-corrected chi connectivity index (χ2v) is 16.3. The highest BCUT2D eigenvalue weighted by molar-refractivity contribution is 7.25. The van der Waals surface area contributed by atoms with Crippen LogP contribution in [-0.2, 0) is 5.41 Å². The predicted octanol–water partition coefficient (Wildman–Crippen LogP) is 15.3. The monoisotopic (exact) mass is 756 g/mol. The summed E-state index contributed by atoms with van der Waals surface area (Å²) in [4.78, 5) is 4.83. The van der Waals surface area contributed by atoms with E-state index in [0.29, 0.717) is 0 Å². The molecular formula is C55H36N2S. The molecule has 1 unspecified atom stereocenters. The van der Waals surface area contributed by atoms with Gasteiger partial charge in [0.1, 0.15) is 0 Å². The van der Waals surface area contributed by atoms with Crippen molar-refractivity contribution < 1.29 is 0 Å². The molecule has 3 heteroatoms. The first-order valence-corrected chi connectivity index (χ1v) is 20.7. The molecule has 10 aromatic rings. The minimum absolute atomic E-state index is 0.490. The van der Waals surface area contributed by atoms with Crippen LogP contribution in [-0.4, -0.2) is 0 Å². The van der Waals surface area contributed by atoms with Crippen molar-refractivity contribution in [3.8, 4) is 22.3 Å². The minimum Gasteiger partial charge on any atom is -0.310 e. The first-order chi connectivity index (χ1) is 28.8. The smallest absolute Gasteiger partial charge is 0.0754 e. The van der Waals surface area contributed by atoms with E-state index in [9.17, 15) is 0 Å². The van der Waals surface area contributed by atoms with E-state index in [1.807, 2.05) is 11.3 Å². The molecule has 0 bridgehead atoms. The van der Waals surface area contributed by atoms with Gasteiger partial charge in [0, 0.05) is 48.5 Å². The van der Waals surface area contributed by atoms with Gasteiger partial charge in [0.15, 0.2) is 0 Å². The van der Waals surface area contributed by atoms with Gasteiger partial charge in [-0.2, -0.15) is 0 Å². The standard InChI is InChI=1S/C55H36N2S/c1-4-15-39(16-5-1)55-48-23-11-12-24-50(48)57(41-19-8-3-9-20-41)51-25-14-22-47(54(51)55)44-33-29-38(35-49(44)55)37-27-30-42(31-28-37)56(40-17-6-2-7-18-40)43-32-34-46-45-21-10-13-26-52(45)58-53(46)36-43/h1-36H. The number of thiophene rings is 1. The summed E-state index contributed by atoms with van der Waals surface area (Å²) in [5.74, 6) is 0. The van der Waals surface area contributed by atoms with Gasteiger partial charge >= 0.3 is 0 Å². The Hall–Kier alpha value is -7.20. The van der Waals surface area contributed by atoms with E-state index >= 15 is 0 Å². The van der Waals surface area contributed by atoms with Gasteiger partial charge in [0.05, 0.1) is 16.8 Å². The quantitative estimate of drug-likeness (QED) is 0.167. The molecule has 2 heterocycles. The molecule has 0 radical (unpaired) electrons. The highest BCUT2D eigenvalue weighted by atomic mass is 32.1. The molecule has 0 saturated heterocycles. The Morgan fingerprint density at radius 1 is 0.397 bits per heavy atom. The van der Waals surface area contributed by atoms with Crippen LogP contribution in [0.1, 0.15) is 22.3 Å². The molecule has 0 saturated carbocycles. The largest absolute Gasteiger partial charge is 0.310 e. The first-order valence-electron chi connectivity index (χ1n) is 19.9. The number of hydrogen-bond acceptors (Lipinski definition) is 3. The van der Waals surface area contributed by atoms with Crippen LogP contribution in [0.3, 0.4) is 0 Å². The minimum atomic E-state index is -0.490. The van der Waals surface area contributed by atoms with E-state index < -0.39 is 5.41 Å². The fourth-order valence-corrected chi connectivity index (χ4v) is 11.0.